The summed E-state index contributed by atoms with van der Waals surface area (Å²) >= 11 is 0. The van der Waals surface area contributed by atoms with Crippen molar-refractivity contribution < 1.29 is 13.2 Å². The Morgan fingerprint density at radius 2 is 1.74 bits per heavy atom. The van der Waals surface area contributed by atoms with E-state index in [1.54, 1.807) is 36.8 Å². The monoisotopic (exact) mass is 459 g/mol. The van der Waals surface area contributed by atoms with E-state index in [1.807, 2.05) is 12.1 Å². The number of hydrogen-bond donors (Lipinski definition) is 1. The average molecular weight is 459 g/mol. The third-order valence-corrected chi connectivity index (χ3v) is 5.71. The molecule has 1 N–H and O–H groups in total. The quantitative estimate of drug-likeness (QED) is 0.401. The molecule has 3 heterocycles. The Bertz CT molecular complexity index is 1340. The molecule has 2 aromatic carbocycles. The van der Waals surface area contributed by atoms with Crippen LogP contribution in [0.25, 0.3) is 22.4 Å². The molecular formula is C26H20F3N5. The number of benzene rings is 2. The van der Waals surface area contributed by atoms with Crippen molar-refractivity contribution in [2.75, 3.05) is 0 Å². The molecule has 0 unspecified atom stereocenters. The lowest BCUT2D eigenvalue weighted by Crippen LogP contribution is -2.36. The van der Waals surface area contributed by atoms with Crippen LogP contribution in [0.5, 0.6) is 0 Å². The van der Waals surface area contributed by atoms with Crippen molar-refractivity contribution in [2.45, 2.75) is 25.2 Å². The highest BCUT2D eigenvalue weighted by Gasteiger charge is 2.30. The number of aliphatic imine (C=N–C) groups is 1. The van der Waals surface area contributed by atoms with Gasteiger partial charge in [-0.05, 0) is 47.4 Å². The van der Waals surface area contributed by atoms with Crippen LogP contribution in [0.3, 0.4) is 0 Å². The van der Waals surface area contributed by atoms with E-state index in [9.17, 15) is 13.2 Å². The maximum absolute atomic E-state index is 13.3. The lowest BCUT2D eigenvalue weighted by Gasteiger charge is -2.23. The molecule has 170 valence electrons. The summed E-state index contributed by atoms with van der Waals surface area (Å²) in [5.41, 5.74) is 3.89. The molecule has 0 saturated carbocycles. The second-order valence-electron chi connectivity index (χ2n) is 7.99. The predicted octanol–water partition coefficient (Wildman–Crippen LogP) is 5.64. The van der Waals surface area contributed by atoms with Crippen molar-refractivity contribution >= 4 is 12.2 Å². The largest absolute Gasteiger partial charge is 0.416 e. The standard InChI is InChI=1S/C26H20F3N5/c27-26(28,29)21-7-3-6-19(12-21)23-16-33-25(34-24(23)17-8-10-30-11-9-17)32-15-22-13-18-4-1-2-5-20(18)14-31-22/h1-12,15-16,22,31H,13-14H2/b32-15+/t22-/m0/s1. The molecular weight excluding hydrogens is 439 g/mol. The summed E-state index contributed by atoms with van der Waals surface area (Å²) in [6.07, 6.45) is 2.89. The Labute approximate surface area is 194 Å². The van der Waals surface area contributed by atoms with Crippen LogP contribution in [0.1, 0.15) is 16.7 Å². The Kier molecular flexibility index (Phi) is 5.90. The molecule has 8 heteroatoms. The number of nitrogens with zero attached hydrogens (tertiary/aromatic N) is 4. The van der Waals surface area contributed by atoms with Crippen LogP contribution in [0, 0.1) is 0 Å². The fourth-order valence-corrected chi connectivity index (χ4v) is 3.98. The first kappa shape index (κ1) is 21.9. The van der Waals surface area contributed by atoms with Crippen LogP contribution in [0.2, 0.25) is 0 Å². The molecule has 0 bridgehead atoms. The highest BCUT2D eigenvalue weighted by Crippen LogP contribution is 2.35. The Morgan fingerprint density at radius 3 is 2.53 bits per heavy atom. The fraction of sp³-hybridized carbons (Fsp3) is 0.154. The SMILES string of the molecule is FC(F)(F)c1cccc(-c2cnc(/N=C/[C@@H]3Cc4ccccc4CN3)nc2-c2ccncc2)c1. The third kappa shape index (κ3) is 4.72. The van der Waals surface area contributed by atoms with Gasteiger partial charge in [-0.3, -0.25) is 4.98 Å². The molecule has 2 aromatic heterocycles. The van der Waals surface area contributed by atoms with E-state index >= 15 is 0 Å². The van der Waals surface area contributed by atoms with Crippen LogP contribution in [-0.2, 0) is 19.1 Å². The van der Waals surface area contributed by atoms with Gasteiger partial charge < -0.3 is 5.32 Å². The zero-order chi connectivity index (χ0) is 23.5. The first-order valence-electron chi connectivity index (χ1n) is 10.8. The number of fused-ring (bicyclic) bond motifs is 1. The number of rotatable bonds is 4. The lowest BCUT2D eigenvalue weighted by molar-refractivity contribution is -0.137. The van der Waals surface area contributed by atoms with Gasteiger partial charge in [0.1, 0.15) is 0 Å². The second kappa shape index (κ2) is 9.15. The summed E-state index contributed by atoms with van der Waals surface area (Å²) in [7, 11) is 0. The van der Waals surface area contributed by atoms with Gasteiger partial charge >= 0.3 is 6.18 Å². The number of nitrogens with one attached hydrogen (secondary N) is 1. The number of alkyl halides is 3. The van der Waals surface area contributed by atoms with Gasteiger partial charge in [-0.15, -0.1) is 0 Å². The number of halogens is 3. The van der Waals surface area contributed by atoms with Crippen LogP contribution >= 0.6 is 0 Å². The van der Waals surface area contributed by atoms with E-state index in [2.05, 4.69) is 37.4 Å². The van der Waals surface area contributed by atoms with Gasteiger partial charge in [0.2, 0.25) is 5.95 Å². The Morgan fingerprint density at radius 1 is 0.941 bits per heavy atom. The van der Waals surface area contributed by atoms with Crippen LogP contribution in [0.4, 0.5) is 19.1 Å². The van der Waals surface area contributed by atoms with E-state index in [-0.39, 0.29) is 12.0 Å². The predicted molar refractivity (Wildman–Crippen MR) is 125 cm³/mol. The first-order valence-corrected chi connectivity index (χ1v) is 10.8. The van der Waals surface area contributed by atoms with Crippen molar-refractivity contribution in [3.8, 4) is 22.4 Å². The van der Waals surface area contributed by atoms with Crippen LogP contribution in [0.15, 0.2) is 84.2 Å². The van der Waals surface area contributed by atoms with Gasteiger partial charge in [0.05, 0.1) is 11.3 Å². The molecule has 1 atom stereocenters. The molecule has 0 saturated heterocycles. The zero-order valence-electron chi connectivity index (χ0n) is 18.0. The topological polar surface area (TPSA) is 63.1 Å². The summed E-state index contributed by atoms with van der Waals surface area (Å²) < 4.78 is 39.8. The third-order valence-electron chi connectivity index (χ3n) is 5.71. The van der Waals surface area contributed by atoms with E-state index < -0.39 is 11.7 Å². The van der Waals surface area contributed by atoms with E-state index in [0.717, 1.165) is 25.1 Å². The van der Waals surface area contributed by atoms with Gasteiger partial charge in [-0.1, -0.05) is 36.4 Å². The van der Waals surface area contributed by atoms with Crippen molar-refractivity contribution in [2.24, 2.45) is 4.99 Å². The lowest BCUT2D eigenvalue weighted by atomic mass is 9.96. The minimum Gasteiger partial charge on any atom is -0.305 e. The van der Waals surface area contributed by atoms with Gasteiger partial charge in [0.15, 0.2) is 0 Å². The zero-order valence-corrected chi connectivity index (χ0v) is 18.0. The summed E-state index contributed by atoms with van der Waals surface area (Å²) in [6.45, 7) is 0.754. The minimum atomic E-state index is -4.44. The number of aromatic nitrogens is 3. The molecule has 4 aromatic rings. The molecule has 0 aliphatic carbocycles. The van der Waals surface area contributed by atoms with Gasteiger partial charge in [-0.25, -0.2) is 15.0 Å². The molecule has 1 aliphatic rings. The minimum absolute atomic E-state index is 0.0334. The molecule has 0 spiro atoms. The molecule has 0 radical (unpaired) electrons. The van der Waals surface area contributed by atoms with Crippen LogP contribution < -0.4 is 5.32 Å². The van der Waals surface area contributed by atoms with Gasteiger partial charge in [0.25, 0.3) is 0 Å². The van der Waals surface area contributed by atoms with Crippen molar-refractivity contribution in [1.82, 2.24) is 20.3 Å². The second-order valence-corrected chi connectivity index (χ2v) is 7.99. The normalized spacial score (nSPS) is 15.9. The Hall–Kier alpha value is -3.91. The maximum Gasteiger partial charge on any atom is 0.416 e. The van der Waals surface area contributed by atoms with E-state index in [4.69, 9.17) is 0 Å². The molecule has 1 aliphatic heterocycles. The molecule has 0 fully saturated rings. The number of hydrogen-bond acceptors (Lipinski definition) is 5. The van der Waals surface area contributed by atoms with Crippen LogP contribution in [-0.4, -0.2) is 27.2 Å². The van der Waals surface area contributed by atoms with Gasteiger partial charge in [-0.2, -0.15) is 13.2 Å². The van der Waals surface area contributed by atoms with Crippen molar-refractivity contribution in [3.05, 3.63) is 95.9 Å². The fourth-order valence-electron chi connectivity index (χ4n) is 3.98. The molecule has 0 amide bonds. The van der Waals surface area contributed by atoms with Crippen molar-refractivity contribution in [1.29, 1.82) is 0 Å². The van der Waals surface area contributed by atoms with Gasteiger partial charge in [0, 0.05) is 48.5 Å². The highest BCUT2D eigenvalue weighted by atomic mass is 19.4. The highest BCUT2D eigenvalue weighted by molar-refractivity contribution is 5.81. The number of pyridine rings is 1. The maximum atomic E-state index is 13.3. The smallest absolute Gasteiger partial charge is 0.305 e. The molecule has 5 rings (SSSR count). The van der Waals surface area contributed by atoms with Crippen molar-refractivity contribution in [3.63, 3.8) is 0 Å². The summed E-state index contributed by atoms with van der Waals surface area (Å²) in [5, 5.41) is 3.43. The van der Waals surface area contributed by atoms with E-state index in [1.165, 1.54) is 23.4 Å². The average Bonchev–Trinajstić information content (AvgIpc) is 2.87. The molecule has 5 nitrogen and oxygen atoms in total. The summed E-state index contributed by atoms with van der Waals surface area (Å²) in [4.78, 5) is 17.4. The first-order chi connectivity index (χ1) is 16.5. The Balaban J connectivity index is 1.49. The summed E-state index contributed by atoms with van der Waals surface area (Å²) in [6, 6.07) is 17.0. The molecule has 34 heavy (non-hydrogen) atoms. The van der Waals surface area contributed by atoms with E-state index in [0.29, 0.717) is 22.4 Å². The summed E-state index contributed by atoms with van der Waals surface area (Å²) in [5.74, 6) is 0.239.